The Balaban J connectivity index is 1.26. The van der Waals surface area contributed by atoms with E-state index in [1.807, 2.05) is 11.8 Å². The van der Waals surface area contributed by atoms with Crippen molar-refractivity contribution < 1.29 is 9.53 Å². The predicted octanol–water partition coefficient (Wildman–Crippen LogP) is 5.48. The molecular weight excluding hydrogens is 498 g/mol. The zero-order chi connectivity index (χ0) is 28.6. The van der Waals surface area contributed by atoms with Crippen LogP contribution in [0.3, 0.4) is 0 Å². The molecule has 224 valence electrons. The molecule has 0 radical (unpaired) electrons. The van der Waals surface area contributed by atoms with E-state index in [1.54, 1.807) is 0 Å². The maximum Gasteiger partial charge on any atom is 0.410 e. The average molecular weight is 554 g/mol. The van der Waals surface area contributed by atoms with Crippen molar-refractivity contribution in [2.24, 2.45) is 11.8 Å². The Labute approximate surface area is 243 Å². The van der Waals surface area contributed by atoms with Gasteiger partial charge in [-0.2, -0.15) is 0 Å². The molecule has 3 heterocycles. The van der Waals surface area contributed by atoms with Crippen LogP contribution in [0.15, 0.2) is 18.2 Å². The number of carbonyl (C=O) groups is 1. The van der Waals surface area contributed by atoms with Crippen molar-refractivity contribution in [1.29, 1.82) is 0 Å². The predicted molar refractivity (Wildman–Crippen MR) is 166 cm³/mol. The molecule has 0 atom stereocenters. The van der Waals surface area contributed by atoms with Crippen LogP contribution in [-0.4, -0.2) is 102 Å². The summed E-state index contributed by atoms with van der Waals surface area (Å²) in [5.41, 5.74) is 5.31. The number of piperazine rings is 1. The van der Waals surface area contributed by atoms with E-state index in [0.29, 0.717) is 13.2 Å². The first kappa shape index (κ1) is 30.9. The van der Waals surface area contributed by atoms with E-state index < -0.39 is 0 Å². The van der Waals surface area contributed by atoms with Gasteiger partial charge in [0, 0.05) is 80.9 Å². The summed E-state index contributed by atoms with van der Waals surface area (Å²) in [6, 6.07) is 6.79. The third kappa shape index (κ3) is 8.23. The zero-order valence-corrected chi connectivity index (χ0v) is 26.3. The van der Waals surface area contributed by atoms with Crippen molar-refractivity contribution in [2.45, 2.75) is 73.9 Å². The SMILES string of the molecule is CCOC(=O)N1CCc2c(c3cc(C)ccc3n2CCCN2CCN(CCCN(CC(C)C)CC(C)C)CC2)C1. The van der Waals surface area contributed by atoms with E-state index in [-0.39, 0.29) is 6.09 Å². The summed E-state index contributed by atoms with van der Waals surface area (Å²) in [5, 5.41) is 1.30. The highest BCUT2D eigenvalue weighted by atomic mass is 16.6. The van der Waals surface area contributed by atoms with Crippen LogP contribution < -0.4 is 0 Å². The highest BCUT2D eigenvalue weighted by molar-refractivity contribution is 5.87. The molecule has 0 spiro atoms. The van der Waals surface area contributed by atoms with E-state index >= 15 is 0 Å². The van der Waals surface area contributed by atoms with Gasteiger partial charge in [-0.05, 0) is 70.3 Å². The number of hydrogen-bond donors (Lipinski definition) is 0. The summed E-state index contributed by atoms with van der Waals surface area (Å²) < 4.78 is 7.85. The fraction of sp³-hybridized carbons (Fsp3) is 0.727. The molecule has 7 nitrogen and oxygen atoms in total. The van der Waals surface area contributed by atoms with Crippen LogP contribution in [0.5, 0.6) is 0 Å². The lowest BCUT2D eigenvalue weighted by molar-refractivity contribution is 0.102. The summed E-state index contributed by atoms with van der Waals surface area (Å²) in [6.45, 7) is 27.0. The second kappa shape index (κ2) is 14.7. The fourth-order valence-corrected chi connectivity index (χ4v) is 6.69. The number of carbonyl (C=O) groups excluding carboxylic acids is 1. The minimum atomic E-state index is -0.190. The van der Waals surface area contributed by atoms with E-state index in [2.05, 4.69) is 72.1 Å². The second-order valence-electron chi connectivity index (χ2n) is 12.9. The maximum atomic E-state index is 12.4. The summed E-state index contributed by atoms with van der Waals surface area (Å²) in [4.78, 5) is 22.3. The van der Waals surface area contributed by atoms with Crippen LogP contribution in [0, 0.1) is 18.8 Å². The smallest absolute Gasteiger partial charge is 0.410 e. The highest BCUT2D eigenvalue weighted by Gasteiger charge is 2.27. The minimum Gasteiger partial charge on any atom is -0.450 e. The zero-order valence-electron chi connectivity index (χ0n) is 26.3. The Morgan fingerprint density at radius 1 is 0.925 bits per heavy atom. The van der Waals surface area contributed by atoms with Gasteiger partial charge in [0.25, 0.3) is 0 Å². The van der Waals surface area contributed by atoms with Gasteiger partial charge in [-0.1, -0.05) is 39.3 Å². The molecule has 1 aromatic carbocycles. The van der Waals surface area contributed by atoms with Gasteiger partial charge in [-0.3, -0.25) is 0 Å². The van der Waals surface area contributed by atoms with E-state index in [4.69, 9.17) is 4.74 Å². The van der Waals surface area contributed by atoms with Gasteiger partial charge in [0.1, 0.15) is 0 Å². The molecule has 1 aromatic heterocycles. The highest BCUT2D eigenvalue weighted by Crippen LogP contribution is 2.32. The van der Waals surface area contributed by atoms with Gasteiger partial charge in [0.05, 0.1) is 13.2 Å². The lowest BCUT2D eigenvalue weighted by atomic mass is 10.0. The summed E-state index contributed by atoms with van der Waals surface area (Å²) in [5.74, 6) is 1.47. The number of hydrogen-bond acceptors (Lipinski definition) is 5. The Morgan fingerprint density at radius 3 is 2.20 bits per heavy atom. The van der Waals surface area contributed by atoms with E-state index in [9.17, 15) is 4.79 Å². The van der Waals surface area contributed by atoms with Gasteiger partial charge in [0.2, 0.25) is 0 Å². The minimum absolute atomic E-state index is 0.190. The Bertz CT molecular complexity index is 1080. The van der Waals surface area contributed by atoms with E-state index in [0.717, 1.165) is 44.3 Å². The van der Waals surface area contributed by atoms with Gasteiger partial charge in [-0.25, -0.2) is 4.79 Å². The molecule has 0 saturated carbocycles. The number of benzene rings is 1. The normalized spacial score (nSPS) is 17.0. The number of amides is 1. The monoisotopic (exact) mass is 553 g/mol. The molecule has 0 N–H and O–H groups in total. The van der Waals surface area contributed by atoms with Crippen molar-refractivity contribution in [1.82, 2.24) is 24.2 Å². The molecule has 0 aliphatic carbocycles. The van der Waals surface area contributed by atoms with Crippen molar-refractivity contribution in [3.05, 3.63) is 35.0 Å². The third-order valence-electron chi connectivity index (χ3n) is 8.45. The molecule has 0 bridgehead atoms. The molecular formula is C33H55N5O2. The van der Waals surface area contributed by atoms with Gasteiger partial charge < -0.3 is 28.9 Å². The summed E-state index contributed by atoms with van der Waals surface area (Å²) in [6.07, 6.45) is 3.14. The Hall–Kier alpha value is -2.09. The van der Waals surface area contributed by atoms with Crippen LogP contribution in [0.1, 0.15) is 64.3 Å². The average Bonchev–Trinajstić information content (AvgIpc) is 3.21. The molecule has 0 unspecified atom stereocenters. The largest absolute Gasteiger partial charge is 0.450 e. The molecule has 2 aliphatic heterocycles. The first-order valence-electron chi connectivity index (χ1n) is 15.9. The van der Waals surface area contributed by atoms with Crippen LogP contribution in [0.4, 0.5) is 4.79 Å². The van der Waals surface area contributed by atoms with Crippen LogP contribution >= 0.6 is 0 Å². The quantitative estimate of drug-likeness (QED) is 0.329. The maximum absolute atomic E-state index is 12.4. The van der Waals surface area contributed by atoms with E-state index in [1.165, 1.54) is 86.5 Å². The standard InChI is InChI=1S/C33H55N5O2/c1-7-40-33(39)37-17-12-32-30(25-37)29-22-28(6)10-11-31(29)38(32)16-9-14-35-20-18-34(19-21-35)13-8-15-36(23-26(2)3)24-27(4)5/h10-11,22,26-27H,7-9,12-21,23-25H2,1-6H3. The van der Waals surface area contributed by atoms with Gasteiger partial charge in [-0.15, -0.1) is 0 Å². The number of aryl methyl sites for hydroxylation is 2. The molecule has 4 rings (SSSR count). The number of aromatic nitrogens is 1. The van der Waals surface area contributed by atoms with Crippen molar-refractivity contribution >= 4 is 17.0 Å². The summed E-state index contributed by atoms with van der Waals surface area (Å²) in [7, 11) is 0. The number of ether oxygens (including phenoxy) is 1. The van der Waals surface area contributed by atoms with Gasteiger partial charge in [0.15, 0.2) is 0 Å². The Kier molecular flexibility index (Phi) is 11.3. The van der Waals surface area contributed by atoms with Crippen molar-refractivity contribution in [2.75, 3.05) is 72.1 Å². The van der Waals surface area contributed by atoms with Gasteiger partial charge >= 0.3 is 6.09 Å². The molecule has 40 heavy (non-hydrogen) atoms. The molecule has 1 amide bonds. The van der Waals surface area contributed by atoms with Crippen LogP contribution in [-0.2, 0) is 24.2 Å². The molecule has 2 aromatic rings. The lowest BCUT2D eigenvalue weighted by Gasteiger charge is -2.35. The Morgan fingerprint density at radius 2 is 1.57 bits per heavy atom. The van der Waals surface area contributed by atoms with Crippen molar-refractivity contribution in [3.8, 4) is 0 Å². The molecule has 2 aliphatic rings. The fourth-order valence-electron chi connectivity index (χ4n) is 6.69. The molecule has 1 saturated heterocycles. The molecule has 7 heteroatoms. The molecule has 1 fully saturated rings. The van der Waals surface area contributed by atoms with Crippen LogP contribution in [0.25, 0.3) is 10.9 Å². The first-order chi connectivity index (χ1) is 19.2. The second-order valence-corrected chi connectivity index (χ2v) is 12.9. The third-order valence-corrected chi connectivity index (χ3v) is 8.45. The number of rotatable bonds is 13. The lowest BCUT2D eigenvalue weighted by Crippen LogP contribution is -2.47. The topological polar surface area (TPSA) is 44.2 Å². The summed E-state index contributed by atoms with van der Waals surface area (Å²) >= 11 is 0. The first-order valence-corrected chi connectivity index (χ1v) is 15.9. The number of fused-ring (bicyclic) bond motifs is 3. The number of nitrogens with zero attached hydrogens (tertiary/aromatic N) is 5. The van der Waals surface area contributed by atoms with Crippen LogP contribution in [0.2, 0.25) is 0 Å². The van der Waals surface area contributed by atoms with Crippen molar-refractivity contribution in [3.63, 3.8) is 0 Å².